The number of halogens is 2. The van der Waals surface area contributed by atoms with Gasteiger partial charge in [0.05, 0.1) is 6.54 Å². The molecule has 0 unspecified atom stereocenters. The van der Waals surface area contributed by atoms with Gasteiger partial charge < -0.3 is 0 Å². The maximum Gasteiger partial charge on any atom is 0.204 e. The molecule has 0 fully saturated rings. The Kier molecular flexibility index (Phi) is 3.56. The van der Waals surface area contributed by atoms with Gasteiger partial charge in [-0.15, -0.1) is 10.2 Å². The number of hydrogen-bond acceptors (Lipinski definition) is 3. The highest BCUT2D eigenvalue weighted by Gasteiger charge is 2.06. The first-order valence-corrected chi connectivity index (χ1v) is 6.78. The molecule has 0 saturated carbocycles. The van der Waals surface area contributed by atoms with E-state index in [2.05, 4.69) is 31.3 Å². The third kappa shape index (κ3) is 2.91. The second kappa shape index (κ2) is 5.50. The van der Waals surface area contributed by atoms with Crippen LogP contribution in [-0.2, 0) is 6.54 Å². The monoisotopic (exact) mass is 332 g/mol. The summed E-state index contributed by atoms with van der Waals surface area (Å²) in [5.41, 5.74) is 1.67. The van der Waals surface area contributed by atoms with Crippen LogP contribution in [-0.4, -0.2) is 20.2 Å². The van der Waals surface area contributed by atoms with Crippen molar-refractivity contribution in [2.45, 2.75) is 6.54 Å². The van der Waals surface area contributed by atoms with Crippen molar-refractivity contribution in [2.75, 3.05) is 0 Å². The normalized spacial score (nSPS) is 10.7. The van der Waals surface area contributed by atoms with Crippen molar-refractivity contribution in [3.05, 3.63) is 64.4 Å². The van der Waals surface area contributed by atoms with Gasteiger partial charge in [-0.25, -0.2) is 4.39 Å². The molecular weight excluding hydrogens is 323 g/mol. The minimum Gasteiger partial charge on any atom is -0.207 e. The molecule has 3 aromatic rings. The van der Waals surface area contributed by atoms with Crippen LogP contribution in [0, 0.1) is 5.82 Å². The van der Waals surface area contributed by atoms with Crippen LogP contribution in [0.5, 0.6) is 0 Å². The van der Waals surface area contributed by atoms with Gasteiger partial charge in [0.15, 0.2) is 0 Å². The van der Waals surface area contributed by atoms with E-state index in [0.717, 1.165) is 11.1 Å². The molecule has 4 nitrogen and oxygen atoms in total. The molecule has 100 valence electrons. The minimum absolute atomic E-state index is 0.294. The zero-order valence-electron chi connectivity index (χ0n) is 10.4. The Morgan fingerprint density at radius 3 is 2.65 bits per heavy atom. The number of aromatic nitrogens is 4. The highest BCUT2D eigenvalue weighted by molar-refractivity contribution is 9.10. The van der Waals surface area contributed by atoms with E-state index in [1.165, 1.54) is 16.9 Å². The van der Waals surface area contributed by atoms with E-state index >= 15 is 0 Å². The Hall–Kier alpha value is -2.08. The fraction of sp³-hybridized carbons (Fsp3) is 0.0714. The Morgan fingerprint density at radius 1 is 1.10 bits per heavy atom. The Bertz CT molecular complexity index is 707. The topological polar surface area (TPSA) is 43.6 Å². The molecule has 0 aliphatic carbocycles. The largest absolute Gasteiger partial charge is 0.207 e. The van der Waals surface area contributed by atoms with Gasteiger partial charge in [-0.1, -0.05) is 46.3 Å². The first-order chi connectivity index (χ1) is 9.70. The summed E-state index contributed by atoms with van der Waals surface area (Å²) >= 11 is 3.26. The summed E-state index contributed by atoms with van der Waals surface area (Å²) in [5, 5.41) is 12.3. The maximum absolute atomic E-state index is 13.3. The van der Waals surface area contributed by atoms with E-state index < -0.39 is 0 Å². The van der Waals surface area contributed by atoms with Crippen molar-refractivity contribution >= 4 is 15.9 Å². The summed E-state index contributed by atoms with van der Waals surface area (Å²) < 4.78 is 14.0. The first-order valence-electron chi connectivity index (χ1n) is 5.99. The first kappa shape index (κ1) is 12.9. The van der Waals surface area contributed by atoms with Gasteiger partial charge in [0.25, 0.3) is 0 Å². The molecule has 1 aromatic heterocycles. The predicted octanol–water partition coefficient (Wildman–Crippen LogP) is 3.29. The summed E-state index contributed by atoms with van der Waals surface area (Å²) in [6.07, 6.45) is 0. The van der Waals surface area contributed by atoms with Crippen molar-refractivity contribution in [3.63, 3.8) is 0 Å². The van der Waals surface area contributed by atoms with Crippen molar-refractivity contribution in [2.24, 2.45) is 0 Å². The van der Waals surface area contributed by atoms with Crippen LogP contribution in [0.4, 0.5) is 4.39 Å². The van der Waals surface area contributed by atoms with E-state index in [1.807, 2.05) is 36.4 Å². The highest BCUT2D eigenvalue weighted by Crippen LogP contribution is 2.16. The van der Waals surface area contributed by atoms with Gasteiger partial charge in [-0.05, 0) is 29.0 Å². The summed E-state index contributed by atoms with van der Waals surface area (Å²) in [6.45, 7) is 0.371. The van der Waals surface area contributed by atoms with Crippen molar-refractivity contribution < 1.29 is 4.39 Å². The molecule has 2 aromatic carbocycles. The van der Waals surface area contributed by atoms with E-state index in [4.69, 9.17) is 0 Å². The molecule has 0 aliphatic rings. The average molecular weight is 333 g/mol. The lowest BCUT2D eigenvalue weighted by Gasteiger charge is -2.01. The third-order valence-electron chi connectivity index (χ3n) is 2.73. The molecule has 0 atom stereocenters. The van der Waals surface area contributed by atoms with Crippen molar-refractivity contribution in [1.29, 1.82) is 0 Å². The van der Waals surface area contributed by atoms with Crippen LogP contribution < -0.4 is 0 Å². The molecule has 6 heteroatoms. The number of hydrogen-bond donors (Lipinski definition) is 0. The quantitative estimate of drug-likeness (QED) is 0.739. The predicted molar refractivity (Wildman–Crippen MR) is 76.5 cm³/mol. The Morgan fingerprint density at radius 2 is 1.90 bits per heavy atom. The summed E-state index contributed by atoms with van der Waals surface area (Å²) in [6, 6.07) is 14.3. The lowest BCUT2D eigenvalue weighted by molar-refractivity contribution is 0.566. The Labute approximate surface area is 123 Å². The van der Waals surface area contributed by atoms with E-state index in [-0.39, 0.29) is 5.82 Å². The molecule has 0 radical (unpaired) electrons. The van der Waals surface area contributed by atoms with Crippen molar-refractivity contribution in [1.82, 2.24) is 20.2 Å². The second-order valence-electron chi connectivity index (χ2n) is 4.29. The van der Waals surface area contributed by atoms with Crippen LogP contribution in [0.25, 0.3) is 11.4 Å². The summed E-state index contributed by atoms with van der Waals surface area (Å²) in [5.74, 6) is 0.263. The lowest BCUT2D eigenvalue weighted by Crippen LogP contribution is -2.04. The summed E-state index contributed by atoms with van der Waals surface area (Å²) in [7, 11) is 0. The maximum atomic E-state index is 13.3. The number of tetrazole rings is 1. The van der Waals surface area contributed by atoms with Crippen LogP contribution in [0.3, 0.4) is 0 Å². The number of rotatable bonds is 3. The van der Waals surface area contributed by atoms with Gasteiger partial charge in [-0.3, -0.25) is 0 Å². The average Bonchev–Trinajstić information content (AvgIpc) is 2.87. The molecule has 0 amide bonds. The fourth-order valence-corrected chi connectivity index (χ4v) is 2.39. The molecule has 0 aliphatic heterocycles. The van der Waals surface area contributed by atoms with Crippen LogP contribution in [0.15, 0.2) is 53.0 Å². The van der Waals surface area contributed by atoms with Gasteiger partial charge in [0.1, 0.15) is 5.82 Å². The standard InChI is InChI=1S/C14H10BrFN4/c15-12-6-10(7-13(16)8-12)9-20-18-14(17-19-20)11-4-2-1-3-5-11/h1-8H,9H2. The van der Waals surface area contributed by atoms with E-state index in [1.54, 1.807) is 0 Å². The fourth-order valence-electron chi connectivity index (χ4n) is 1.88. The van der Waals surface area contributed by atoms with Crippen LogP contribution in [0.1, 0.15) is 5.56 Å². The van der Waals surface area contributed by atoms with Crippen LogP contribution in [0.2, 0.25) is 0 Å². The third-order valence-corrected chi connectivity index (χ3v) is 3.19. The van der Waals surface area contributed by atoms with Gasteiger partial charge in [0.2, 0.25) is 5.82 Å². The molecule has 0 saturated heterocycles. The highest BCUT2D eigenvalue weighted by atomic mass is 79.9. The second-order valence-corrected chi connectivity index (χ2v) is 5.20. The molecular formula is C14H10BrFN4. The zero-order valence-corrected chi connectivity index (χ0v) is 12.0. The molecule has 1 heterocycles. The molecule has 0 spiro atoms. The summed E-state index contributed by atoms with van der Waals surface area (Å²) in [4.78, 5) is 1.45. The molecule has 0 bridgehead atoms. The minimum atomic E-state index is -0.294. The SMILES string of the molecule is Fc1cc(Br)cc(Cn2nnc(-c3ccccc3)n2)c1. The van der Waals surface area contributed by atoms with Crippen LogP contribution >= 0.6 is 15.9 Å². The zero-order chi connectivity index (χ0) is 13.9. The van der Waals surface area contributed by atoms with E-state index in [9.17, 15) is 4.39 Å². The molecule has 3 rings (SSSR count). The molecule has 20 heavy (non-hydrogen) atoms. The number of benzene rings is 2. The van der Waals surface area contributed by atoms with Gasteiger partial charge in [0, 0.05) is 10.0 Å². The lowest BCUT2D eigenvalue weighted by atomic mass is 10.2. The van der Waals surface area contributed by atoms with Gasteiger partial charge >= 0.3 is 0 Å². The molecule has 0 N–H and O–H groups in total. The number of nitrogens with zero attached hydrogens (tertiary/aromatic N) is 4. The Balaban J connectivity index is 1.84. The van der Waals surface area contributed by atoms with Crippen molar-refractivity contribution in [3.8, 4) is 11.4 Å². The van der Waals surface area contributed by atoms with E-state index in [0.29, 0.717) is 16.8 Å². The smallest absolute Gasteiger partial charge is 0.204 e. The van der Waals surface area contributed by atoms with Gasteiger partial charge in [-0.2, -0.15) is 4.80 Å².